The normalized spacial score (nSPS) is 11.6. The maximum Gasteiger partial charge on any atom is 0.261 e. The Labute approximate surface area is 125 Å². The van der Waals surface area contributed by atoms with E-state index in [1.54, 1.807) is 6.07 Å². The molecular formula is C16H23NO2S. The highest BCUT2D eigenvalue weighted by atomic mass is 32.1. The molecule has 0 aromatic carbocycles. The molecule has 0 saturated carbocycles. The predicted octanol–water partition coefficient (Wildman–Crippen LogP) is 3.18. The van der Waals surface area contributed by atoms with Crippen LogP contribution in [0.3, 0.4) is 0 Å². The smallest absolute Gasteiger partial charge is 0.261 e. The lowest BCUT2D eigenvalue weighted by Crippen LogP contribution is -2.31. The van der Waals surface area contributed by atoms with Crippen LogP contribution < -0.4 is 5.32 Å². The number of hydrogen-bond acceptors (Lipinski definition) is 3. The number of aliphatic hydroxyl groups excluding tert-OH is 1. The fourth-order valence-corrected chi connectivity index (χ4v) is 2.68. The summed E-state index contributed by atoms with van der Waals surface area (Å²) in [5.74, 6) is 5.36. The highest BCUT2D eigenvalue weighted by Crippen LogP contribution is 2.16. The topological polar surface area (TPSA) is 49.3 Å². The number of nitrogens with one attached hydrogen (secondary N) is 1. The molecule has 20 heavy (non-hydrogen) atoms. The number of carbonyl (C=O) groups excluding carboxylic acids is 1. The summed E-state index contributed by atoms with van der Waals surface area (Å²) in [5, 5.41) is 11.7. The quantitative estimate of drug-likeness (QED) is 0.599. The first-order chi connectivity index (χ1) is 9.67. The maximum atomic E-state index is 12.0. The second kappa shape index (κ2) is 9.57. The number of carbonyl (C=O) groups is 1. The van der Waals surface area contributed by atoms with Gasteiger partial charge in [0.15, 0.2) is 0 Å². The number of thiophene rings is 1. The van der Waals surface area contributed by atoms with Gasteiger partial charge in [0.05, 0.1) is 9.75 Å². The highest BCUT2D eigenvalue weighted by Gasteiger charge is 2.11. The van der Waals surface area contributed by atoms with Crippen LogP contribution in [0.4, 0.5) is 0 Å². The van der Waals surface area contributed by atoms with E-state index in [1.807, 2.05) is 13.0 Å². The van der Waals surface area contributed by atoms with E-state index in [1.165, 1.54) is 30.6 Å². The zero-order valence-corrected chi connectivity index (χ0v) is 13.1. The van der Waals surface area contributed by atoms with Crippen LogP contribution in [-0.4, -0.2) is 23.7 Å². The van der Waals surface area contributed by atoms with E-state index in [4.69, 9.17) is 5.11 Å². The van der Waals surface area contributed by atoms with E-state index < -0.39 is 0 Å². The largest absolute Gasteiger partial charge is 0.384 e. The summed E-state index contributed by atoms with van der Waals surface area (Å²) in [6.45, 7) is 4.08. The van der Waals surface area contributed by atoms with Gasteiger partial charge in [0.2, 0.25) is 0 Å². The first-order valence-corrected chi connectivity index (χ1v) is 7.99. The third-order valence-electron chi connectivity index (χ3n) is 2.99. The van der Waals surface area contributed by atoms with Gasteiger partial charge in [-0.1, -0.05) is 44.4 Å². The highest BCUT2D eigenvalue weighted by molar-refractivity contribution is 7.14. The van der Waals surface area contributed by atoms with Crippen LogP contribution in [0, 0.1) is 11.8 Å². The van der Waals surface area contributed by atoms with Gasteiger partial charge in [-0.3, -0.25) is 4.79 Å². The van der Waals surface area contributed by atoms with Crippen molar-refractivity contribution in [1.82, 2.24) is 5.32 Å². The van der Waals surface area contributed by atoms with E-state index in [0.717, 1.165) is 17.7 Å². The Morgan fingerprint density at radius 2 is 2.20 bits per heavy atom. The molecule has 0 spiro atoms. The Hall–Kier alpha value is -1.31. The Morgan fingerprint density at radius 3 is 2.90 bits per heavy atom. The SMILES string of the molecule is CCCCCCC(C)NC(=O)c1ccc(C#CCO)s1. The number of unbranched alkanes of at least 4 members (excludes halogenated alkanes) is 3. The molecule has 1 atom stereocenters. The fraction of sp³-hybridized carbons (Fsp3) is 0.562. The number of hydrogen-bond donors (Lipinski definition) is 2. The Morgan fingerprint density at radius 1 is 1.40 bits per heavy atom. The molecule has 1 heterocycles. The molecule has 0 aliphatic carbocycles. The molecule has 0 saturated heterocycles. The van der Waals surface area contributed by atoms with Gasteiger partial charge < -0.3 is 10.4 Å². The average molecular weight is 293 g/mol. The maximum absolute atomic E-state index is 12.0. The summed E-state index contributed by atoms with van der Waals surface area (Å²) in [7, 11) is 0. The van der Waals surface area contributed by atoms with Crippen molar-refractivity contribution in [2.75, 3.05) is 6.61 Å². The van der Waals surface area contributed by atoms with Gasteiger partial charge in [-0.15, -0.1) is 11.3 Å². The van der Waals surface area contributed by atoms with Crippen molar-refractivity contribution in [3.63, 3.8) is 0 Å². The summed E-state index contributed by atoms with van der Waals surface area (Å²) >= 11 is 1.36. The third-order valence-corrected chi connectivity index (χ3v) is 3.99. The van der Waals surface area contributed by atoms with Crippen LogP contribution in [0.25, 0.3) is 0 Å². The second-order valence-corrected chi connectivity index (χ2v) is 5.93. The predicted molar refractivity (Wildman–Crippen MR) is 84.0 cm³/mol. The Kier molecular flexibility index (Phi) is 8.01. The minimum atomic E-state index is -0.159. The van der Waals surface area contributed by atoms with Gasteiger partial charge in [-0.2, -0.15) is 0 Å². The molecule has 1 unspecified atom stereocenters. The molecule has 1 amide bonds. The zero-order chi connectivity index (χ0) is 14.8. The number of amides is 1. The van der Waals surface area contributed by atoms with Gasteiger partial charge in [0.1, 0.15) is 6.61 Å². The van der Waals surface area contributed by atoms with Crippen molar-refractivity contribution >= 4 is 17.2 Å². The van der Waals surface area contributed by atoms with Crippen molar-refractivity contribution in [3.8, 4) is 11.8 Å². The summed E-state index contributed by atoms with van der Waals surface area (Å²) in [5.41, 5.74) is 0. The summed E-state index contributed by atoms with van der Waals surface area (Å²) in [6.07, 6.45) is 5.91. The van der Waals surface area contributed by atoms with Gasteiger partial charge >= 0.3 is 0 Å². The molecular weight excluding hydrogens is 270 g/mol. The van der Waals surface area contributed by atoms with Crippen LogP contribution >= 0.6 is 11.3 Å². The number of rotatable bonds is 7. The van der Waals surface area contributed by atoms with E-state index in [9.17, 15) is 4.79 Å². The minimum Gasteiger partial charge on any atom is -0.384 e. The molecule has 4 heteroatoms. The molecule has 110 valence electrons. The van der Waals surface area contributed by atoms with Crippen LogP contribution in [-0.2, 0) is 0 Å². The molecule has 0 fully saturated rings. The molecule has 0 aliphatic rings. The summed E-state index contributed by atoms with van der Waals surface area (Å²) in [4.78, 5) is 13.5. The van der Waals surface area contributed by atoms with Crippen LogP contribution in [0.5, 0.6) is 0 Å². The van der Waals surface area contributed by atoms with Crippen molar-refractivity contribution in [1.29, 1.82) is 0 Å². The Balaban J connectivity index is 2.39. The van der Waals surface area contributed by atoms with Crippen molar-refractivity contribution < 1.29 is 9.90 Å². The molecule has 1 aromatic rings. The molecule has 0 aliphatic heterocycles. The van der Waals surface area contributed by atoms with Gasteiger partial charge in [0.25, 0.3) is 5.91 Å². The molecule has 1 aromatic heterocycles. The molecule has 0 bridgehead atoms. The van der Waals surface area contributed by atoms with Gasteiger partial charge in [0, 0.05) is 6.04 Å². The lowest BCUT2D eigenvalue weighted by atomic mass is 10.1. The van der Waals surface area contributed by atoms with E-state index in [2.05, 4.69) is 24.1 Å². The van der Waals surface area contributed by atoms with E-state index >= 15 is 0 Å². The van der Waals surface area contributed by atoms with Gasteiger partial charge in [-0.25, -0.2) is 0 Å². The average Bonchev–Trinajstić information content (AvgIpc) is 2.90. The minimum absolute atomic E-state index is 0.0324. The van der Waals surface area contributed by atoms with E-state index in [-0.39, 0.29) is 18.6 Å². The van der Waals surface area contributed by atoms with Crippen molar-refractivity contribution in [2.45, 2.75) is 52.0 Å². The van der Waals surface area contributed by atoms with Crippen LogP contribution in [0.2, 0.25) is 0 Å². The van der Waals surface area contributed by atoms with Crippen LogP contribution in [0.15, 0.2) is 12.1 Å². The molecule has 0 radical (unpaired) electrons. The zero-order valence-electron chi connectivity index (χ0n) is 12.2. The molecule has 3 nitrogen and oxygen atoms in total. The monoisotopic (exact) mass is 293 g/mol. The van der Waals surface area contributed by atoms with Crippen LogP contribution in [0.1, 0.15) is 60.5 Å². The van der Waals surface area contributed by atoms with E-state index in [0.29, 0.717) is 4.88 Å². The standard InChI is InChI=1S/C16H23NO2S/c1-3-4-5-6-8-13(2)17-16(19)15-11-10-14(20-15)9-7-12-18/h10-11,13,18H,3-6,8,12H2,1-2H3,(H,17,19). The lowest BCUT2D eigenvalue weighted by Gasteiger charge is -2.12. The summed E-state index contributed by atoms with van der Waals surface area (Å²) < 4.78 is 0. The second-order valence-electron chi connectivity index (χ2n) is 4.85. The lowest BCUT2D eigenvalue weighted by molar-refractivity contribution is 0.0942. The summed E-state index contributed by atoms with van der Waals surface area (Å²) in [6, 6.07) is 3.80. The number of aliphatic hydroxyl groups is 1. The Bertz CT molecular complexity index is 470. The first-order valence-electron chi connectivity index (χ1n) is 7.17. The third kappa shape index (κ3) is 6.23. The molecule has 2 N–H and O–H groups in total. The fourth-order valence-electron chi connectivity index (χ4n) is 1.90. The van der Waals surface area contributed by atoms with Gasteiger partial charge in [-0.05, 0) is 25.5 Å². The molecule has 1 rings (SSSR count). The van der Waals surface area contributed by atoms with Crippen molar-refractivity contribution in [2.24, 2.45) is 0 Å². The first kappa shape index (κ1) is 16.7. The van der Waals surface area contributed by atoms with Crippen molar-refractivity contribution in [3.05, 3.63) is 21.9 Å².